The second kappa shape index (κ2) is 7.81. The lowest BCUT2D eigenvalue weighted by molar-refractivity contribution is 0.621. The molecule has 0 saturated carbocycles. The largest absolute Gasteiger partial charge is 0.316 e. The smallest absolute Gasteiger partial charge is 0.123 e. The molecule has 1 aromatic heterocycles. The highest BCUT2D eigenvalue weighted by Gasteiger charge is 2.10. The maximum atomic E-state index is 12.9. The molecule has 0 radical (unpaired) electrons. The number of nitrogens with one attached hydrogen (secondary N) is 1. The summed E-state index contributed by atoms with van der Waals surface area (Å²) >= 11 is 3.67. The van der Waals surface area contributed by atoms with Crippen LogP contribution in [-0.2, 0) is 12.8 Å². The average molecular weight is 309 g/mol. The molecule has 0 spiro atoms. The van der Waals surface area contributed by atoms with Crippen LogP contribution in [0.5, 0.6) is 0 Å². The topological polar surface area (TPSA) is 12.0 Å². The number of thioether (sulfide) groups is 1. The minimum Gasteiger partial charge on any atom is -0.316 e. The van der Waals surface area contributed by atoms with Crippen LogP contribution in [0.1, 0.15) is 16.7 Å². The van der Waals surface area contributed by atoms with E-state index in [1.54, 1.807) is 11.8 Å². The SMILES string of the molecule is CCc1ccc(CC(CSc2ccc(F)cc2)NC)s1. The maximum Gasteiger partial charge on any atom is 0.123 e. The second-order valence-electron chi connectivity index (χ2n) is 4.68. The lowest BCUT2D eigenvalue weighted by atomic mass is 10.2. The highest BCUT2D eigenvalue weighted by molar-refractivity contribution is 7.99. The molecular weight excluding hydrogens is 289 g/mol. The molecule has 20 heavy (non-hydrogen) atoms. The Kier molecular flexibility index (Phi) is 6.07. The molecule has 108 valence electrons. The Morgan fingerprint density at radius 3 is 2.45 bits per heavy atom. The van der Waals surface area contributed by atoms with Crippen molar-refractivity contribution >= 4 is 23.1 Å². The van der Waals surface area contributed by atoms with Crippen molar-refractivity contribution in [3.63, 3.8) is 0 Å². The fraction of sp³-hybridized carbons (Fsp3) is 0.375. The van der Waals surface area contributed by atoms with Crippen molar-refractivity contribution in [2.75, 3.05) is 12.8 Å². The fourth-order valence-electron chi connectivity index (χ4n) is 1.94. The Morgan fingerprint density at radius 1 is 1.15 bits per heavy atom. The van der Waals surface area contributed by atoms with Gasteiger partial charge in [-0.1, -0.05) is 6.92 Å². The van der Waals surface area contributed by atoms with E-state index in [0.29, 0.717) is 6.04 Å². The van der Waals surface area contributed by atoms with Gasteiger partial charge in [0.1, 0.15) is 5.82 Å². The quantitative estimate of drug-likeness (QED) is 0.762. The molecule has 0 aliphatic carbocycles. The molecule has 1 nitrogen and oxygen atoms in total. The number of aryl methyl sites for hydroxylation is 1. The Balaban J connectivity index is 1.87. The molecule has 1 atom stereocenters. The van der Waals surface area contributed by atoms with Crippen molar-refractivity contribution in [3.8, 4) is 0 Å². The van der Waals surface area contributed by atoms with Crippen LogP contribution >= 0.6 is 23.1 Å². The van der Waals surface area contributed by atoms with Crippen molar-refractivity contribution in [1.82, 2.24) is 5.32 Å². The number of halogens is 1. The molecule has 0 amide bonds. The van der Waals surface area contributed by atoms with Gasteiger partial charge in [-0.15, -0.1) is 23.1 Å². The average Bonchev–Trinajstić information content (AvgIpc) is 2.93. The molecule has 1 heterocycles. The van der Waals surface area contributed by atoms with Crippen LogP contribution in [0.25, 0.3) is 0 Å². The van der Waals surface area contributed by atoms with E-state index in [1.165, 1.54) is 21.9 Å². The zero-order valence-electron chi connectivity index (χ0n) is 11.9. The lowest BCUT2D eigenvalue weighted by Gasteiger charge is -2.14. The third-order valence-electron chi connectivity index (χ3n) is 3.19. The predicted octanol–water partition coefficient (Wildman–Crippen LogP) is 4.37. The number of rotatable bonds is 7. The van der Waals surface area contributed by atoms with Crippen LogP contribution in [0.15, 0.2) is 41.3 Å². The summed E-state index contributed by atoms with van der Waals surface area (Å²) in [7, 11) is 2.00. The van der Waals surface area contributed by atoms with Gasteiger partial charge in [-0.3, -0.25) is 0 Å². The molecule has 2 aromatic rings. The number of thiophene rings is 1. The molecule has 0 aliphatic rings. The van der Waals surface area contributed by atoms with Crippen LogP contribution < -0.4 is 5.32 Å². The van der Waals surface area contributed by atoms with E-state index in [1.807, 2.05) is 30.5 Å². The first kappa shape index (κ1) is 15.5. The monoisotopic (exact) mass is 309 g/mol. The molecular formula is C16H20FNS2. The highest BCUT2D eigenvalue weighted by atomic mass is 32.2. The Hall–Kier alpha value is -0.840. The van der Waals surface area contributed by atoms with Gasteiger partial charge in [-0.25, -0.2) is 4.39 Å². The van der Waals surface area contributed by atoms with Gasteiger partial charge in [0.25, 0.3) is 0 Å². The van der Waals surface area contributed by atoms with Crippen molar-refractivity contribution in [2.45, 2.75) is 30.7 Å². The Bertz CT molecular complexity index is 522. The van der Waals surface area contributed by atoms with Gasteiger partial charge in [-0.2, -0.15) is 0 Å². The third kappa shape index (κ3) is 4.62. The first-order valence-corrected chi connectivity index (χ1v) is 8.64. The summed E-state index contributed by atoms with van der Waals surface area (Å²) in [6.07, 6.45) is 2.16. The van der Waals surface area contributed by atoms with E-state index in [0.717, 1.165) is 23.5 Å². The summed E-state index contributed by atoms with van der Waals surface area (Å²) in [6, 6.07) is 11.6. The zero-order chi connectivity index (χ0) is 14.4. The Morgan fingerprint density at radius 2 is 1.85 bits per heavy atom. The van der Waals surface area contributed by atoms with Crippen molar-refractivity contribution in [1.29, 1.82) is 0 Å². The molecule has 1 unspecified atom stereocenters. The fourth-order valence-corrected chi connectivity index (χ4v) is 3.98. The normalized spacial score (nSPS) is 12.6. The van der Waals surface area contributed by atoms with Gasteiger partial charge >= 0.3 is 0 Å². The van der Waals surface area contributed by atoms with Crippen LogP contribution in [0.4, 0.5) is 4.39 Å². The van der Waals surface area contributed by atoms with Crippen LogP contribution in [0.3, 0.4) is 0 Å². The van der Waals surface area contributed by atoms with E-state index in [-0.39, 0.29) is 5.82 Å². The van der Waals surface area contributed by atoms with Crippen LogP contribution in [-0.4, -0.2) is 18.8 Å². The third-order valence-corrected chi connectivity index (χ3v) is 5.61. The summed E-state index contributed by atoms with van der Waals surface area (Å²) in [5.74, 6) is 0.812. The molecule has 1 N–H and O–H groups in total. The molecule has 0 fully saturated rings. The molecule has 0 saturated heterocycles. The Labute approximate surface area is 128 Å². The first-order valence-electron chi connectivity index (χ1n) is 6.84. The zero-order valence-corrected chi connectivity index (χ0v) is 13.5. The molecule has 4 heteroatoms. The number of benzene rings is 1. The summed E-state index contributed by atoms with van der Waals surface area (Å²) in [5, 5.41) is 3.37. The van der Waals surface area contributed by atoms with E-state index < -0.39 is 0 Å². The molecule has 0 bridgehead atoms. The number of likely N-dealkylation sites (N-methyl/N-ethyl adjacent to an activating group) is 1. The molecule has 2 rings (SSSR count). The second-order valence-corrected chi connectivity index (χ2v) is 7.02. The van der Waals surface area contributed by atoms with E-state index in [4.69, 9.17) is 0 Å². The minimum absolute atomic E-state index is 0.176. The van der Waals surface area contributed by atoms with Crippen LogP contribution in [0.2, 0.25) is 0 Å². The van der Waals surface area contributed by atoms with Gasteiger partial charge in [0, 0.05) is 26.4 Å². The van der Waals surface area contributed by atoms with Gasteiger partial charge < -0.3 is 5.32 Å². The van der Waals surface area contributed by atoms with Gasteiger partial charge in [0.2, 0.25) is 0 Å². The summed E-state index contributed by atoms with van der Waals surface area (Å²) in [6.45, 7) is 2.19. The van der Waals surface area contributed by atoms with Gasteiger partial charge in [0.15, 0.2) is 0 Å². The van der Waals surface area contributed by atoms with Crippen LogP contribution in [0, 0.1) is 5.82 Å². The van der Waals surface area contributed by atoms with Crippen molar-refractivity contribution in [3.05, 3.63) is 52.0 Å². The van der Waals surface area contributed by atoms with Gasteiger partial charge in [-0.05, 0) is 56.3 Å². The number of hydrogen-bond acceptors (Lipinski definition) is 3. The van der Waals surface area contributed by atoms with E-state index >= 15 is 0 Å². The minimum atomic E-state index is -0.176. The first-order chi connectivity index (χ1) is 9.71. The van der Waals surface area contributed by atoms with Gasteiger partial charge in [0.05, 0.1) is 0 Å². The number of hydrogen-bond donors (Lipinski definition) is 1. The molecule has 0 aliphatic heterocycles. The molecule has 1 aromatic carbocycles. The summed E-state index contributed by atoms with van der Waals surface area (Å²) in [4.78, 5) is 3.99. The maximum absolute atomic E-state index is 12.9. The summed E-state index contributed by atoms with van der Waals surface area (Å²) in [5.41, 5.74) is 0. The van der Waals surface area contributed by atoms with Crippen molar-refractivity contribution in [2.24, 2.45) is 0 Å². The van der Waals surface area contributed by atoms with Crippen molar-refractivity contribution < 1.29 is 4.39 Å². The lowest BCUT2D eigenvalue weighted by Crippen LogP contribution is -2.29. The predicted molar refractivity (Wildman–Crippen MR) is 87.4 cm³/mol. The van der Waals surface area contributed by atoms with E-state index in [2.05, 4.69) is 24.4 Å². The standard InChI is InChI=1S/C16H20FNS2/c1-3-14-8-9-16(20-14)10-13(18-2)11-19-15-6-4-12(17)5-7-15/h4-9,13,18H,3,10-11H2,1-2H3. The van der Waals surface area contributed by atoms with E-state index in [9.17, 15) is 4.39 Å². The highest BCUT2D eigenvalue weighted by Crippen LogP contribution is 2.22. The summed E-state index contributed by atoms with van der Waals surface area (Å²) < 4.78 is 12.9.